The molecule has 0 spiro atoms. The number of carbonyl (C=O) groups excluding carboxylic acids is 2. The molecule has 6 heteroatoms. The number of hydrogen-bond donors (Lipinski definition) is 1. The molecule has 3 rings (SSSR count). The third-order valence-electron chi connectivity index (χ3n) is 5.17. The summed E-state index contributed by atoms with van der Waals surface area (Å²) in [4.78, 5) is 29.3. The summed E-state index contributed by atoms with van der Waals surface area (Å²) in [6.07, 6.45) is 2.24. The molecule has 0 aliphatic carbocycles. The van der Waals surface area contributed by atoms with Crippen molar-refractivity contribution in [1.82, 2.24) is 9.80 Å². The zero-order valence-corrected chi connectivity index (χ0v) is 16.3. The SMILES string of the molecule is CCN(CC)CCCN1C(=O)C(=O)/C(=C(\O)c2ccccc2)C1c1ccco1. The van der Waals surface area contributed by atoms with E-state index in [4.69, 9.17) is 4.42 Å². The Hall–Kier alpha value is -2.86. The van der Waals surface area contributed by atoms with Crippen molar-refractivity contribution in [3.05, 3.63) is 65.6 Å². The first-order valence-electron chi connectivity index (χ1n) is 9.68. The third-order valence-corrected chi connectivity index (χ3v) is 5.17. The van der Waals surface area contributed by atoms with E-state index in [9.17, 15) is 14.7 Å². The average molecular weight is 382 g/mol. The van der Waals surface area contributed by atoms with Crippen LogP contribution in [0.3, 0.4) is 0 Å². The minimum atomic E-state index is -0.716. The van der Waals surface area contributed by atoms with Gasteiger partial charge in [-0.2, -0.15) is 0 Å². The van der Waals surface area contributed by atoms with E-state index in [1.807, 2.05) is 6.07 Å². The number of hydrogen-bond acceptors (Lipinski definition) is 5. The van der Waals surface area contributed by atoms with Crippen LogP contribution in [0.5, 0.6) is 0 Å². The molecule has 1 saturated heterocycles. The summed E-state index contributed by atoms with van der Waals surface area (Å²) < 4.78 is 5.53. The fourth-order valence-corrected chi connectivity index (χ4v) is 3.61. The summed E-state index contributed by atoms with van der Waals surface area (Å²) in [5, 5.41) is 10.8. The Bertz CT molecular complexity index is 839. The quantitative estimate of drug-likeness (QED) is 0.430. The van der Waals surface area contributed by atoms with Crippen molar-refractivity contribution in [1.29, 1.82) is 0 Å². The van der Waals surface area contributed by atoms with Crippen molar-refractivity contribution in [2.45, 2.75) is 26.3 Å². The van der Waals surface area contributed by atoms with Gasteiger partial charge in [0.05, 0.1) is 11.8 Å². The maximum atomic E-state index is 12.8. The molecule has 1 aromatic heterocycles. The van der Waals surface area contributed by atoms with Crippen molar-refractivity contribution in [2.75, 3.05) is 26.2 Å². The highest BCUT2D eigenvalue weighted by molar-refractivity contribution is 6.46. The molecular formula is C22H26N2O4. The van der Waals surface area contributed by atoms with E-state index in [1.54, 1.807) is 36.4 Å². The van der Waals surface area contributed by atoms with Crippen LogP contribution >= 0.6 is 0 Å². The standard InChI is InChI=1S/C22H26N2O4/c1-3-23(4-2)13-9-14-24-19(17-12-8-15-28-17)18(21(26)22(24)27)20(25)16-10-6-5-7-11-16/h5-8,10-12,15,19,25H,3-4,9,13-14H2,1-2H3/b20-18-. The number of amides is 1. The van der Waals surface area contributed by atoms with Gasteiger partial charge in [0.1, 0.15) is 17.6 Å². The van der Waals surface area contributed by atoms with Crippen LogP contribution < -0.4 is 0 Å². The van der Waals surface area contributed by atoms with Crippen molar-refractivity contribution in [3.8, 4) is 0 Å². The van der Waals surface area contributed by atoms with E-state index in [0.29, 0.717) is 17.9 Å². The first kappa shape index (κ1) is 19.9. The molecule has 0 bridgehead atoms. The summed E-state index contributed by atoms with van der Waals surface area (Å²) in [5.74, 6) is -0.977. The van der Waals surface area contributed by atoms with Crippen LogP contribution in [-0.4, -0.2) is 52.8 Å². The summed E-state index contributed by atoms with van der Waals surface area (Å²) >= 11 is 0. The molecular weight excluding hydrogens is 356 g/mol. The minimum Gasteiger partial charge on any atom is -0.507 e. The van der Waals surface area contributed by atoms with Crippen molar-refractivity contribution in [3.63, 3.8) is 0 Å². The monoisotopic (exact) mass is 382 g/mol. The summed E-state index contributed by atoms with van der Waals surface area (Å²) in [5.41, 5.74) is 0.578. The number of aliphatic hydroxyl groups is 1. The molecule has 1 atom stereocenters. The summed E-state index contributed by atoms with van der Waals surface area (Å²) in [6.45, 7) is 7.31. The lowest BCUT2D eigenvalue weighted by Crippen LogP contribution is -2.33. The topological polar surface area (TPSA) is 74.0 Å². The normalized spacial score (nSPS) is 19.0. The number of Topliss-reactive ketones (excluding diaryl/α,β-unsaturated/α-hetero) is 1. The van der Waals surface area contributed by atoms with Crippen LogP contribution in [0.25, 0.3) is 5.76 Å². The molecule has 1 aromatic carbocycles. The molecule has 1 unspecified atom stereocenters. The first-order valence-corrected chi connectivity index (χ1v) is 9.68. The van der Waals surface area contributed by atoms with Gasteiger partial charge in [-0.1, -0.05) is 44.2 Å². The maximum Gasteiger partial charge on any atom is 0.295 e. The van der Waals surface area contributed by atoms with Gasteiger partial charge in [-0.15, -0.1) is 0 Å². The number of ketones is 1. The van der Waals surface area contributed by atoms with Crippen molar-refractivity contribution in [2.24, 2.45) is 0 Å². The number of carbonyl (C=O) groups is 2. The number of nitrogens with zero attached hydrogens (tertiary/aromatic N) is 2. The van der Waals surface area contributed by atoms with E-state index in [2.05, 4.69) is 18.7 Å². The highest BCUT2D eigenvalue weighted by Gasteiger charge is 2.47. The van der Waals surface area contributed by atoms with Crippen molar-refractivity contribution < 1.29 is 19.1 Å². The molecule has 1 fully saturated rings. The highest BCUT2D eigenvalue weighted by Crippen LogP contribution is 2.39. The number of aliphatic hydroxyl groups excluding tert-OH is 1. The second-order valence-corrected chi connectivity index (χ2v) is 6.75. The zero-order valence-electron chi connectivity index (χ0n) is 16.3. The molecule has 0 saturated carbocycles. The number of likely N-dealkylation sites (tertiary alicyclic amines) is 1. The van der Waals surface area contributed by atoms with Gasteiger partial charge in [0.25, 0.3) is 11.7 Å². The van der Waals surface area contributed by atoms with E-state index >= 15 is 0 Å². The van der Waals surface area contributed by atoms with E-state index in [0.717, 1.165) is 26.1 Å². The number of benzene rings is 1. The van der Waals surface area contributed by atoms with E-state index in [1.165, 1.54) is 11.2 Å². The van der Waals surface area contributed by atoms with Gasteiger partial charge in [-0.25, -0.2) is 0 Å². The Labute approximate surface area is 165 Å². The maximum absolute atomic E-state index is 12.8. The molecule has 2 aromatic rings. The summed E-state index contributed by atoms with van der Waals surface area (Å²) in [6, 6.07) is 11.5. The molecule has 2 heterocycles. The summed E-state index contributed by atoms with van der Waals surface area (Å²) in [7, 11) is 0. The number of furan rings is 1. The lowest BCUT2D eigenvalue weighted by Gasteiger charge is -2.25. The Morgan fingerprint density at radius 3 is 2.43 bits per heavy atom. The largest absolute Gasteiger partial charge is 0.507 e. The predicted molar refractivity (Wildman–Crippen MR) is 107 cm³/mol. The van der Waals surface area contributed by atoms with Gasteiger partial charge in [0.15, 0.2) is 0 Å². The van der Waals surface area contributed by atoms with E-state index < -0.39 is 17.7 Å². The molecule has 1 aliphatic heterocycles. The fraction of sp³-hybridized carbons (Fsp3) is 0.364. The smallest absolute Gasteiger partial charge is 0.295 e. The van der Waals surface area contributed by atoms with Crippen LogP contribution in [0.15, 0.2) is 58.7 Å². The van der Waals surface area contributed by atoms with Crippen LogP contribution in [-0.2, 0) is 9.59 Å². The molecule has 148 valence electrons. The Balaban J connectivity index is 1.94. The Morgan fingerprint density at radius 2 is 1.82 bits per heavy atom. The van der Waals surface area contributed by atoms with Gasteiger partial charge >= 0.3 is 0 Å². The minimum absolute atomic E-state index is 0.0778. The zero-order chi connectivity index (χ0) is 20.1. The predicted octanol–water partition coefficient (Wildman–Crippen LogP) is 3.43. The molecule has 1 amide bonds. The second kappa shape index (κ2) is 8.89. The Morgan fingerprint density at radius 1 is 1.11 bits per heavy atom. The van der Waals surface area contributed by atoms with Gasteiger partial charge in [0, 0.05) is 12.1 Å². The fourth-order valence-electron chi connectivity index (χ4n) is 3.61. The van der Waals surface area contributed by atoms with Crippen molar-refractivity contribution >= 4 is 17.4 Å². The van der Waals surface area contributed by atoms with E-state index in [-0.39, 0.29) is 11.3 Å². The third kappa shape index (κ3) is 3.87. The van der Waals surface area contributed by atoms with Gasteiger partial charge in [0.2, 0.25) is 0 Å². The van der Waals surface area contributed by atoms with Gasteiger partial charge < -0.3 is 19.3 Å². The van der Waals surface area contributed by atoms with Gasteiger partial charge in [-0.3, -0.25) is 9.59 Å². The van der Waals surface area contributed by atoms with Crippen LogP contribution in [0, 0.1) is 0 Å². The lowest BCUT2D eigenvalue weighted by molar-refractivity contribution is -0.140. The van der Waals surface area contributed by atoms with Gasteiger partial charge in [-0.05, 0) is 38.2 Å². The molecule has 1 aliphatic rings. The Kier molecular flexibility index (Phi) is 6.31. The average Bonchev–Trinajstić information content (AvgIpc) is 3.33. The highest BCUT2D eigenvalue weighted by atomic mass is 16.3. The molecule has 6 nitrogen and oxygen atoms in total. The van der Waals surface area contributed by atoms with Crippen LogP contribution in [0.2, 0.25) is 0 Å². The number of rotatable bonds is 8. The van der Waals surface area contributed by atoms with Crippen LogP contribution in [0.1, 0.15) is 37.6 Å². The van der Waals surface area contributed by atoms with Crippen LogP contribution in [0.4, 0.5) is 0 Å². The molecule has 1 N–H and O–H groups in total. The molecule has 28 heavy (non-hydrogen) atoms. The molecule has 0 radical (unpaired) electrons. The first-order chi connectivity index (χ1) is 13.6. The lowest BCUT2D eigenvalue weighted by atomic mass is 9.99. The second-order valence-electron chi connectivity index (χ2n) is 6.75.